The topological polar surface area (TPSA) is 58.5 Å². The number of hydrogen-bond acceptors (Lipinski definition) is 4. The second-order valence-electron chi connectivity index (χ2n) is 7.59. The number of anilines is 2. The van der Waals surface area contributed by atoms with Gasteiger partial charge in [-0.15, -0.1) is 0 Å². The lowest BCUT2D eigenvalue weighted by Gasteiger charge is -2.39. The van der Waals surface area contributed by atoms with Crippen LogP contribution in [0.1, 0.15) is 25.0 Å². The molecule has 0 amide bonds. The molecule has 2 aromatic carbocycles. The largest absolute Gasteiger partial charge is 0.368 e. The van der Waals surface area contributed by atoms with E-state index >= 15 is 0 Å². The molecule has 3 rings (SSSR count). The van der Waals surface area contributed by atoms with Crippen LogP contribution in [0.15, 0.2) is 48.5 Å². The van der Waals surface area contributed by atoms with E-state index in [4.69, 9.17) is 11.5 Å². The van der Waals surface area contributed by atoms with Gasteiger partial charge in [-0.3, -0.25) is 0 Å². The average molecular weight is 353 g/mol. The third-order valence-electron chi connectivity index (χ3n) is 5.03. The lowest BCUT2D eigenvalue weighted by Crippen LogP contribution is -2.47. The van der Waals surface area contributed by atoms with Gasteiger partial charge in [-0.25, -0.2) is 0 Å². The van der Waals surface area contributed by atoms with E-state index in [1.54, 1.807) is 0 Å². The molecule has 0 bridgehead atoms. The Hall–Kier alpha value is -2.04. The first-order valence-electron chi connectivity index (χ1n) is 9.71. The summed E-state index contributed by atoms with van der Waals surface area (Å²) >= 11 is 0. The maximum atomic E-state index is 6.04. The van der Waals surface area contributed by atoms with E-state index in [1.165, 1.54) is 22.5 Å². The Morgan fingerprint density at radius 1 is 0.692 bits per heavy atom. The van der Waals surface area contributed by atoms with Crippen LogP contribution in [0.4, 0.5) is 11.4 Å². The van der Waals surface area contributed by atoms with Gasteiger partial charge >= 0.3 is 0 Å². The highest BCUT2D eigenvalue weighted by Gasteiger charge is 2.21. The highest BCUT2D eigenvalue weighted by Crippen LogP contribution is 2.27. The van der Waals surface area contributed by atoms with Crippen molar-refractivity contribution in [2.45, 2.75) is 38.8 Å². The summed E-state index contributed by atoms with van der Waals surface area (Å²) in [7, 11) is 0. The zero-order chi connectivity index (χ0) is 18.5. The second kappa shape index (κ2) is 8.56. The predicted molar refractivity (Wildman–Crippen MR) is 112 cm³/mol. The Labute approximate surface area is 157 Å². The molecule has 4 heteroatoms. The zero-order valence-corrected chi connectivity index (χ0v) is 16.1. The summed E-state index contributed by atoms with van der Waals surface area (Å²) in [5, 5.41) is 0. The normalized spacial score (nSPS) is 17.2. The minimum atomic E-state index is 0.183. The van der Waals surface area contributed by atoms with Gasteiger partial charge in [0.25, 0.3) is 0 Å². The molecular formula is C22H32N4. The van der Waals surface area contributed by atoms with Gasteiger partial charge in [0.15, 0.2) is 0 Å². The number of piperazine rings is 1. The van der Waals surface area contributed by atoms with Crippen molar-refractivity contribution in [3.05, 3.63) is 59.7 Å². The Balaban J connectivity index is 1.71. The summed E-state index contributed by atoms with van der Waals surface area (Å²) in [6.07, 6.45) is 1.85. The summed E-state index contributed by atoms with van der Waals surface area (Å²) < 4.78 is 0. The Morgan fingerprint density at radius 2 is 1.04 bits per heavy atom. The molecule has 1 saturated heterocycles. The standard InChI is InChI=1S/C22H32N4/c1-17(23)15-19-7-3-5-9-21(19)25-11-13-26(14-12-25)22-10-6-4-8-20(22)16-18(2)24/h3-10,17-18H,11-16,23-24H2,1-2H3. The first-order valence-corrected chi connectivity index (χ1v) is 9.71. The highest BCUT2D eigenvalue weighted by molar-refractivity contribution is 5.58. The molecule has 0 aliphatic carbocycles. The molecule has 2 unspecified atom stereocenters. The molecule has 0 aromatic heterocycles. The van der Waals surface area contributed by atoms with Crippen LogP contribution in [0.5, 0.6) is 0 Å². The monoisotopic (exact) mass is 352 g/mol. The second-order valence-corrected chi connectivity index (χ2v) is 7.59. The number of hydrogen-bond donors (Lipinski definition) is 2. The molecule has 2 aromatic rings. The van der Waals surface area contributed by atoms with Crippen molar-refractivity contribution in [1.29, 1.82) is 0 Å². The van der Waals surface area contributed by atoms with Crippen LogP contribution in [0.25, 0.3) is 0 Å². The van der Waals surface area contributed by atoms with Gasteiger partial charge in [0.1, 0.15) is 0 Å². The Bertz CT molecular complexity index is 641. The predicted octanol–water partition coefficient (Wildman–Crippen LogP) is 2.79. The van der Waals surface area contributed by atoms with Crippen LogP contribution in [0.2, 0.25) is 0 Å². The zero-order valence-electron chi connectivity index (χ0n) is 16.1. The van der Waals surface area contributed by atoms with Crippen LogP contribution in [-0.4, -0.2) is 38.3 Å². The minimum absolute atomic E-state index is 0.183. The van der Waals surface area contributed by atoms with Crippen molar-refractivity contribution in [3.8, 4) is 0 Å². The SMILES string of the molecule is CC(N)Cc1ccccc1N1CCN(c2ccccc2CC(C)N)CC1. The van der Waals surface area contributed by atoms with Gasteiger partial charge in [0.05, 0.1) is 0 Å². The molecule has 4 N–H and O–H groups in total. The summed E-state index contributed by atoms with van der Waals surface area (Å²) in [6.45, 7) is 8.27. The van der Waals surface area contributed by atoms with Gasteiger partial charge in [-0.05, 0) is 49.9 Å². The smallest absolute Gasteiger partial charge is 0.0400 e. The van der Waals surface area contributed by atoms with Gasteiger partial charge in [-0.1, -0.05) is 36.4 Å². The van der Waals surface area contributed by atoms with Crippen molar-refractivity contribution >= 4 is 11.4 Å². The Morgan fingerprint density at radius 3 is 1.38 bits per heavy atom. The number of para-hydroxylation sites is 2. The van der Waals surface area contributed by atoms with E-state index < -0.39 is 0 Å². The molecule has 1 heterocycles. The van der Waals surface area contributed by atoms with E-state index in [0.717, 1.165) is 39.0 Å². The number of nitrogens with zero attached hydrogens (tertiary/aromatic N) is 2. The fourth-order valence-corrected chi connectivity index (χ4v) is 3.87. The molecule has 1 aliphatic rings. The van der Waals surface area contributed by atoms with E-state index in [-0.39, 0.29) is 12.1 Å². The summed E-state index contributed by atoms with van der Waals surface area (Å²) in [5.41, 5.74) is 17.5. The van der Waals surface area contributed by atoms with E-state index in [9.17, 15) is 0 Å². The molecular weight excluding hydrogens is 320 g/mol. The van der Waals surface area contributed by atoms with Crippen molar-refractivity contribution in [1.82, 2.24) is 0 Å². The van der Waals surface area contributed by atoms with Gasteiger partial charge < -0.3 is 21.3 Å². The van der Waals surface area contributed by atoms with E-state index in [1.807, 2.05) is 0 Å². The van der Waals surface area contributed by atoms with Crippen molar-refractivity contribution in [2.75, 3.05) is 36.0 Å². The lowest BCUT2D eigenvalue weighted by atomic mass is 10.0. The fraction of sp³-hybridized carbons (Fsp3) is 0.455. The molecule has 1 aliphatic heterocycles. The van der Waals surface area contributed by atoms with Gasteiger partial charge in [-0.2, -0.15) is 0 Å². The third-order valence-corrected chi connectivity index (χ3v) is 5.03. The maximum Gasteiger partial charge on any atom is 0.0400 e. The van der Waals surface area contributed by atoms with E-state index in [0.29, 0.717) is 0 Å². The van der Waals surface area contributed by atoms with Crippen LogP contribution >= 0.6 is 0 Å². The molecule has 0 radical (unpaired) electrons. The molecule has 0 saturated carbocycles. The van der Waals surface area contributed by atoms with Crippen molar-refractivity contribution in [3.63, 3.8) is 0 Å². The first-order chi connectivity index (χ1) is 12.5. The van der Waals surface area contributed by atoms with Crippen LogP contribution in [0, 0.1) is 0 Å². The Kier molecular flexibility index (Phi) is 6.17. The number of benzene rings is 2. The molecule has 0 spiro atoms. The lowest BCUT2D eigenvalue weighted by molar-refractivity contribution is 0.642. The number of rotatable bonds is 6. The van der Waals surface area contributed by atoms with Crippen molar-refractivity contribution in [2.24, 2.45) is 11.5 Å². The summed E-state index contributed by atoms with van der Waals surface area (Å²) in [6, 6.07) is 17.7. The highest BCUT2D eigenvalue weighted by atomic mass is 15.3. The average Bonchev–Trinajstić information content (AvgIpc) is 2.62. The number of nitrogens with two attached hydrogens (primary N) is 2. The van der Waals surface area contributed by atoms with E-state index in [2.05, 4.69) is 72.2 Å². The molecule has 2 atom stereocenters. The quantitative estimate of drug-likeness (QED) is 0.839. The maximum absolute atomic E-state index is 6.04. The van der Waals surface area contributed by atoms with Gasteiger partial charge in [0, 0.05) is 49.6 Å². The van der Waals surface area contributed by atoms with Gasteiger partial charge in [0.2, 0.25) is 0 Å². The minimum Gasteiger partial charge on any atom is -0.368 e. The molecule has 1 fully saturated rings. The fourth-order valence-electron chi connectivity index (χ4n) is 3.87. The van der Waals surface area contributed by atoms with Crippen LogP contribution in [0.3, 0.4) is 0 Å². The van der Waals surface area contributed by atoms with Crippen LogP contribution in [-0.2, 0) is 12.8 Å². The first kappa shape index (κ1) is 18.7. The molecule has 140 valence electrons. The molecule has 26 heavy (non-hydrogen) atoms. The summed E-state index contributed by atoms with van der Waals surface area (Å²) in [4.78, 5) is 5.00. The third kappa shape index (κ3) is 4.57. The van der Waals surface area contributed by atoms with Crippen LogP contribution < -0.4 is 21.3 Å². The summed E-state index contributed by atoms with van der Waals surface area (Å²) in [5.74, 6) is 0. The molecule has 4 nitrogen and oxygen atoms in total. The van der Waals surface area contributed by atoms with Crippen molar-refractivity contribution < 1.29 is 0 Å².